The van der Waals surface area contributed by atoms with Crippen LogP contribution < -0.4 is 5.32 Å². The average Bonchev–Trinajstić information content (AvgIpc) is 2.28. The summed E-state index contributed by atoms with van der Waals surface area (Å²) in [6.45, 7) is 4.40. The zero-order valence-electron chi connectivity index (χ0n) is 10.2. The van der Waals surface area contributed by atoms with Crippen LogP contribution in [0.3, 0.4) is 0 Å². The standard InChI is InChI=1S/C14H19Cl2N/c1-2-7-17-9-10-3-5-12(10)13-8-11(15)4-6-14(13)16/h4,6,8,10,12,17H,2-3,5,7,9H2,1H3. The first kappa shape index (κ1) is 13.2. The molecule has 1 aromatic carbocycles. The van der Waals surface area contributed by atoms with Gasteiger partial charge in [0.05, 0.1) is 0 Å². The maximum atomic E-state index is 6.25. The van der Waals surface area contributed by atoms with Gasteiger partial charge in [-0.05, 0) is 68.0 Å². The monoisotopic (exact) mass is 271 g/mol. The summed E-state index contributed by atoms with van der Waals surface area (Å²) in [6.07, 6.45) is 3.72. The third kappa shape index (κ3) is 3.15. The Bertz CT molecular complexity index is 378. The van der Waals surface area contributed by atoms with E-state index >= 15 is 0 Å². The Morgan fingerprint density at radius 1 is 1.29 bits per heavy atom. The van der Waals surface area contributed by atoms with Gasteiger partial charge >= 0.3 is 0 Å². The molecule has 1 fully saturated rings. The van der Waals surface area contributed by atoms with E-state index in [-0.39, 0.29) is 0 Å². The molecule has 0 aromatic heterocycles. The van der Waals surface area contributed by atoms with Crippen LogP contribution in [0.15, 0.2) is 18.2 Å². The quantitative estimate of drug-likeness (QED) is 0.779. The second-order valence-electron chi connectivity index (χ2n) is 4.81. The summed E-state index contributed by atoms with van der Waals surface area (Å²) in [4.78, 5) is 0. The van der Waals surface area contributed by atoms with Gasteiger partial charge in [0, 0.05) is 10.0 Å². The minimum Gasteiger partial charge on any atom is -0.316 e. The van der Waals surface area contributed by atoms with E-state index < -0.39 is 0 Å². The number of benzene rings is 1. The fourth-order valence-corrected chi connectivity index (χ4v) is 2.92. The first-order valence-electron chi connectivity index (χ1n) is 6.38. The molecule has 1 aliphatic carbocycles. The molecule has 0 amide bonds. The van der Waals surface area contributed by atoms with Crippen molar-refractivity contribution in [3.05, 3.63) is 33.8 Å². The van der Waals surface area contributed by atoms with Crippen molar-refractivity contribution < 1.29 is 0 Å². The zero-order valence-corrected chi connectivity index (χ0v) is 11.7. The van der Waals surface area contributed by atoms with E-state index in [4.69, 9.17) is 23.2 Å². The summed E-state index contributed by atoms with van der Waals surface area (Å²) in [5.74, 6) is 1.31. The molecule has 0 heterocycles. The highest BCUT2D eigenvalue weighted by molar-refractivity contribution is 6.33. The fraction of sp³-hybridized carbons (Fsp3) is 0.571. The molecule has 1 nitrogen and oxygen atoms in total. The van der Waals surface area contributed by atoms with Crippen LogP contribution in [0.5, 0.6) is 0 Å². The molecule has 2 rings (SSSR count). The lowest BCUT2D eigenvalue weighted by Gasteiger charge is -2.38. The summed E-state index contributed by atoms with van der Waals surface area (Å²) in [7, 11) is 0. The number of nitrogens with one attached hydrogen (secondary N) is 1. The Kier molecular flexibility index (Phi) is 4.72. The maximum Gasteiger partial charge on any atom is 0.0441 e. The van der Waals surface area contributed by atoms with Crippen LogP contribution in [0.1, 0.15) is 37.7 Å². The van der Waals surface area contributed by atoms with Crippen molar-refractivity contribution >= 4 is 23.2 Å². The van der Waals surface area contributed by atoms with Gasteiger partial charge in [0.25, 0.3) is 0 Å². The summed E-state index contributed by atoms with van der Waals surface area (Å²) in [5, 5.41) is 5.14. The van der Waals surface area contributed by atoms with Gasteiger partial charge in [0.2, 0.25) is 0 Å². The van der Waals surface area contributed by atoms with E-state index in [9.17, 15) is 0 Å². The molecule has 1 N–H and O–H groups in total. The molecule has 0 spiro atoms. The predicted molar refractivity (Wildman–Crippen MR) is 75.1 cm³/mol. The van der Waals surface area contributed by atoms with Crippen LogP contribution in [0, 0.1) is 5.92 Å². The zero-order chi connectivity index (χ0) is 12.3. The highest BCUT2D eigenvalue weighted by atomic mass is 35.5. The lowest BCUT2D eigenvalue weighted by Crippen LogP contribution is -2.34. The molecule has 0 saturated heterocycles. The number of hydrogen-bond donors (Lipinski definition) is 1. The third-order valence-electron chi connectivity index (χ3n) is 3.61. The number of rotatable bonds is 5. The summed E-state index contributed by atoms with van der Waals surface area (Å²) < 4.78 is 0. The van der Waals surface area contributed by atoms with Crippen molar-refractivity contribution in [3.63, 3.8) is 0 Å². The van der Waals surface area contributed by atoms with Crippen LogP contribution in [0.4, 0.5) is 0 Å². The number of hydrogen-bond acceptors (Lipinski definition) is 1. The Morgan fingerprint density at radius 2 is 2.12 bits per heavy atom. The topological polar surface area (TPSA) is 12.0 Å². The highest BCUT2D eigenvalue weighted by Gasteiger charge is 2.32. The van der Waals surface area contributed by atoms with Gasteiger partial charge < -0.3 is 5.32 Å². The van der Waals surface area contributed by atoms with Crippen molar-refractivity contribution in [2.24, 2.45) is 5.92 Å². The average molecular weight is 272 g/mol. The van der Waals surface area contributed by atoms with Crippen LogP contribution in [0.2, 0.25) is 10.0 Å². The largest absolute Gasteiger partial charge is 0.316 e. The van der Waals surface area contributed by atoms with E-state index in [1.165, 1.54) is 24.8 Å². The normalized spacial score (nSPS) is 23.5. The second kappa shape index (κ2) is 6.08. The van der Waals surface area contributed by atoms with Gasteiger partial charge in [-0.3, -0.25) is 0 Å². The molecule has 3 heteroatoms. The van der Waals surface area contributed by atoms with E-state index in [0.29, 0.717) is 5.92 Å². The molecule has 1 aliphatic rings. The maximum absolute atomic E-state index is 6.25. The van der Waals surface area contributed by atoms with Crippen LogP contribution in [-0.4, -0.2) is 13.1 Å². The summed E-state index contributed by atoms with van der Waals surface area (Å²) in [6, 6.07) is 5.80. The van der Waals surface area contributed by atoms with Crippen molar-refractivity contribution in [3.8, 4) is 0 Å². The van der Waals surface area contributed by atoms with E-state index in [1.54, 1.807) is 0 Å². The molecule has 2 unspecified atom stereocenters. The van der Waals surface area contributed by atoms with E-state index in [0.717, 1.165) is 29.1 Å². The molecule has 0 radical (unpaired) electrons. The van der Waals surface area contributed by atoms with Gasteiger partial charge in [0.15, 0.2) is 0 Å². The third-order valence-corrected chi connectivity index (χ3v) is 4.19. The van der Waals surface area contributed by atoms with Crippen molar-refractivity contribution in [1.29, 1.82) is 0 Å². The molecule has 1 aromatic rings. The molecule has 0 aliphatic heterocycles. The molecule has 2 atom stereocenters. The fourth-order valence-electron chi connectivity index (χ4n) is 2.49. The Labute approximate surface area is 114 Å². The molecular weight excluding hydrogens is 253 g/mol. The van der Waals surface area contributed by atoms with E-state index in [2.05, 4.69) is 12.2 Å². The van der Waals surface area contributed by atoms with Crippen molar-refractivity contribution in [2.75, 3.05) is 13.1 Å². The Morgan fingerprint density at radius 3 is 2.76 bits per heavy atom. The van der Waals surface area contributed by atoms with Gasteiger partial charge in [-0.2, -0.15) is 0 Å². The smallest absolute Gasteiger partial charge is 0.0441 e. The van der Waals surface area contributed by atoms with E-state index in [1.807, 2.05) is 18.2 Å². The van der Waals surface area contributed by atoms with Crippen LogP contribution in [0.25, 0.3) is 0 Å². The summed E-state index contributed by atoms with van der Waals surface area (Å²) in [5.41, 5.74) is 1.23. The second-order valence-corrected chi connectivity index (χ2v) is 5.66. The first-order chi connectivity index (χ1) is 8.22. The molecule has 17 heavy (non-hydrogen) atoms. The van der Waals surface area contributed by atoms with Gasteiger partial charge in [-0.15, -0.1) is 0 Å². The highest BCUT2D eigenvalue weighted by Crippen LogP contribution is 2.45. The van der Waals surface area contributed by atoms with Gasteiger partial charge in [-0.25, -0.2) is 0 Å². The SMILES string of the molecule is CCCNCC1CCC1c1cc(Cl)ccc1Cl. The molecule has 0 bridgehead atoms. The van der Waals surface area contributed by atoms with Crippen molar-refractivity contribution in [1.82, 2.24) is 5.32 Å². The first-order valence-corrected chi connectivity index (χ1v) is 7.13. The van der Waals surface area contributed by atoms with Crippen molar-refractivity contribution in [2.45, 2.75) is 32.1 Å². The molecule has 94 valence electrons. The Hall–Kier alpha value is -0.240. The Balaban J connectivity index is 1.99. The van der Waals surface area contributed by atoms with Crippen LogP contribution in [-0.2, 0) is 0 Å². The summed E-state index contributed by atoms with van der Waals surface area (Å²) >= 11 is 12.3. The lowest BCUT2D eigenvalue weighted by molar-refractivity contribution is 0.246. The lowest BCUT2D eigenvalue weighted by atomic mass is 9.70. The predicted octanol–water partition coefficient (Wildman–Crippen LogP) is 4.49. The molecule has 1 saturated carbocycles. The number of halogens is 2. The minimum absolute atomic E-state index is 0.588. The minimum atomic E-state index is 0.588. The van der Waals surface area contributed by atoms with Gasteiger partial charge in [0.1, 0.15) is 0 Å². The molecular formula is C14H19Cl2N. The van der Waals surface area contributed by atoms with Crippen LogP contribution >= 0.6 is 23.2 Å². The van der Waals surface area contributed by atoms with Gasteiger partial charge in [-0.1, -0.05) is 30.1 Å².